The Balaban J connectivity index is 2.22. The summed E-state index contributed by atoms with van der Waals surface area (Å²) in [5.41, 5.74) is 3.04. The third-order valence-electron chi connectivity index (χ3n) is 2.70. The van der Waals surface area contributed by atoms with E-state index in [-0.39, 0.29) is 6.09 Å². The van der Waals surface area contributed by atoms with E-state index in [1.165, 1.54) is 12.0 Å². The Morgan fingerprint density at radius 3 is 3.00 bits per heavy atom. The molecule has 0 saturated heterocycles. The van der Waals surface area contributed by atoms with Crippen LogP contribution >= 0.6 is 0 Å². The molecule has 0 atom stereocenters. The fourth-order valence-electron chi connectivity index (χ4n) is 1.77. The van der Waals surface area contributed by atoms with Crippen molar-refractivity contribution in [3.05, 3.63) is 30.1 Å². The van der Waals surface area contributed by atoms with Gasteiger partial charge in [-0.05, 0) is 17.7 Å². The van der Waals surface area contributed by atoms with Gasteiger partial charge in [0.2, 0.25) is 0 Å². The lowest BCUT2D eigenvalue weighted by Gasteiger charge is -2.15. The number of hydrogen-bond acceptors (Lipinski definition) is 3. The van der Waals surface area contributed by atoms with Gasteiger partial charge in [0.05, 0.1) is 24.5 Å². The van der Waals surface area contributed by atoms with Gasteiger partial charge in [0.25, 0.3) is 0 Å². The van der Waals surface area contributed by atoms with Crippen molar-refractivity contribution in [3.8, 4) is 0 Å². The molecule has 0 fully saturated rings. The number of hydrogen-bond donors (Lipinski definition) is 0. The molecule has 2 aromatic rings. The van der Waals surface area contributed by atoms with Gasteiger partial charge in [0.1, 0.15) is 0 Å². The zero-order chi connectivity index (χ0) is 12.4. The summed E-state index contributed by atoms with van der Waals surface area (Å²) in [7, 11) is 5.03. The van der Waals surface area contributed by atoms with Crippen LogP contribution in [0.5, 0.6) is 0 Å². The molecule has 0 bridgehead atoms. The Morgan fingerprint density at radius 1 is 1.53 bits per heavy atom. The monoisotopic (exact) mass is 233 g/mol. The topological polar surface area (TPSA) is 47.4 Å². The fraction of sp³-hybridized carbons (Fsp3) is 0.333. The van der Waals surface area contributed by atoms with E-state index in [4.69, 9.17) is 0 Å². The Kier molecular flexibility index (Phi) is 2.99. The van der Waals surface area contributed by atoms with E-state index in [0.29, 0.717) is 6.54 Å². The maximum absolute atomic E-state index is 11.3. The molecule has 1 aromatic carbocycles. The maximum atomic E-state index is 11.3. The second kappa shape index (κ2) is 4.45. The molecule has 1 heterocycles. The van der Waals surface area contributed by atoms with Crippen LogP contribution in [0, 0.1) is 0 Å². The zero-order valence-corrected chi connectivity index (χ0v) is 10.2. The van der Waals surface area contributed by atoms with Gasteiger partial charge >= 0.3 is 6.09 Å². The smallest absolute Gasteiger partial charge is 0.409 e. The summed E-state index contributed by atoms with van der Waals surface area (Å²) in [5.74, 6) is 0. The van der Waals surface area contributed by atoms with Crippen LogP contribution in [0.4, 0.5) is 4.79 Å². The molecule has 0 unspecified atom stereocenters. The van der Waals surface area contributed by atoms with Crippen molar-refractivity contribution in [2.24, 2.45) is 7.05 Å². The number of nitrogens with zero attached hydrogens (tertiary/aromatic N) is 3. The highest BCUT2D eigenvalue weighted by Crippen LogP contribution is 2.15. The molecule has 1 amide bonds. The molecule has 0 radical (unpaired) electrons. The molecule has 0 aliphatic heterocycles. The van der Waals surface area contributed by atoms with E-state index in [2.05, 4.69) is 9.72 Å². The predicted molar refractivity (Wildman–Crippen MR) is 64.6 cm³/mol. The van der Waals surface area contributed by atoms with Gasteiger partial charge in [-0.25, -0.2) is 9.78 Å². The largest absolute Gasteiger partial charge is 0.453 e. The molecule has 17 heavy (non-hydrogen) atoms. The van der Waals surface area contributed by atoms with Gasteiger partial charge in [0, 0.05) is 20.6 Å². The minimum atomic E-state index is -0.342. The number of methoxy groups -OCH3 is 1. The number of benzene rings is 1. The van der Waals surface area contributed by atoms with Crippen molar-refractivity contribution >= 4 is 17.1 Å². The lowest BCUT2D eigenvalue weighted by atomic mass is 10.2. The summed E-state index contributed by atoms with van der Waals surface area (Å²) in [6.07, 6.45) is 1.43. The molecule has 5 heteroatoms. The molecule has 0 aliphatic rings. The van der Waals surface area contributed by atoms with Crippen LogP contribution in [0.1, 0.15) is 5.56 Å². The highest BCUT2D eigenvalue weighted by atomic mass is 16.5. The minimum Gasteiger partial charge on any atom is -0.453 e. The molecule has 90 valence electrons. The van der Waals surface area contributed by atoms with Gasteiger partial charge in [-0.15, -0.1) is 0 Å². The van der Waals surface area contributed by atoms with Gasteiger partial charge in [-0.2, -0.15) is 0 Å². The quantitative estimate of drug-likeness (QED) is 0.794. The van der Waals surface area contributed by atoms with Crippen LogP contribution in [0.15, 0.2) is 24.5 Å². The van der Waals surface area contributed by atoms with E-state index in [1.54, 1.807) is 13.4 Å². The Labute approximate surface area is 99.6 Å². The van der Waals surface area contributed by atoms with E-state index in [1.807, 2.05) is 29.8 Å². The Bertz CT molecular complexity index is 548. The van der Waals surface area contributed by atoms with Gasteiger partial charge in [-0.3, -0.25) is 0 Å². The summed E-state index contributed by atoms with van der Waals surface area (Å²) in [6, 6.07) is 5.97. The molecule has 5 nitrogen and oxygen atoms in total. The van der Waals surface area contributed by atoms with Crippen LogP contribution in [-0.4, -0.2) is 34.7 Å². The summed E-state index contributed by atoms with van der Waals surface area (Å²) < 4.78 is 6.60. The maximum Gasteiger partial charge on any atom is 0.409 e. The first-order chi connectivity index (χ1) is 8.11. The van der Waals surface area contributed by atoms with Crippen molar-refractivity contribution in [1.82, 2.24) is 14.5 Å². The Morgan fingerprint density at radius 2 is 2.29 bits per heavy atom. The first kappa shape index (κ1) is 11.4. The SMILES string of the molecule is COC(=O)N(C)Cc1ccc2c(c1)ncn2C. The number of carbonyl (C=O) groups excluding carboxylic acids is 1. The molecular weight excluding hydrogens is 218 g/mol. The van der Waals surface area contributed by atoms with Crippen LogP contribution in [0.3, 0.4) is 0 Å². The van der Waals surface area contributed by atoms with E-state index < -0.39 is 0 Å². The number of ether oxygens (including phenoxy) is 1. The summed E-state index contributed by atoms with van der Waals surface area (Å²) in [5, 5.41) is 0. The number of imidazole rings is 1. The van der Waals surface area contributed by atoms with Crippen LogP contribution in [0.25, 0.3) is 11.0 Å². The summed E-state index contributed by atoms with van der Waals surface area (Å²) in [4.78, 5) is 17.1. The van der Waals surface area contributed by atoms with Crippen LogP contribution in [-0.2, 0) is 18.3 Å². The third-order valence-corrected chi connectivity index (χ3v) is 2.70. The van der Waals surface area contributed by atoms with Crippen molar-refractivity contribution in [3.63, 3.8) is 0 Å². The van der Waals surface area contributed by atoms with Crippen LogP contribution in [0.2, 0.25) is 0 Å². The standard InChI is InChI=1S/C12H15N3O2/c1-14(12(16)17-3)7-9-4-5-11-10(6-9)13-8-15(11)2/h4-6,8H,7H2,1-3H3. The molecule has 2 rings (SSSR count). The van der Waals surface area contributed by atoms with Gasteiger partial charge < -0.3 is 14.2 Å². The molecule has 1 aromatic heterocycles. The van der Waals surface area contributed by atoms with Crippen molar-refractivity contribution in [2.45, 2.75) is 6.54 Å². The third kappa shape index (κ3) is 2.22. The lowest BCUT2D eigenvalue weighted by molar-refractivity contribution is 0.131. The van der Waals surface area contributed by atoms with Gasteiger partial charge in [-0.1, -0.05) is 6.07 Å². The molecule has 0 aliphatic carbocycles. The Hall–Kier alpha value is -2.04. The molecule has 0 saturated carbocycles. The lowest BCUT2D eigenvalue weighted by Crippen LogP contribution is -2.25. The second-order valence-corrected chi connectivity index (χ2v) is 4.00. The number of rotatable bonds is 2. The predicted octanol–water partition coefficient (Wildman–Crippen LogP) is 1.77. The first-order valence-corrected chi connectivity index (χ1v) is 5.31. The van der Waals surface area contributed by atoms with E-state index >= 15 is 0 Å². The molecule has 0 spiro atoms. The number of amides is 1. The average Bonchev–Trinajstić information content (AvgIpc) is 2.69. The number of aryl methyl sites for hydroxylation is 1. The zero-order valence-electron chi connectivity index (χ0n) is 10.2. The number of carbonyl (C=O) groups is 1. The fourth-order valence-corrected chi connectivity index (χ4v) is 1.77. The van der Waals surface area contributed by atoms with Crippen molar-refractivity contribution < 1.29 is 9.53 Å². The summed E-state index contributed by atoms with van der Waals surface area (Å²) in [6.45, 7) is 0.513. The van der Waals surface area contributed by atoms with E-state index in [0.717, 1.165) is 16.6 Å². The summed E-state index contributed by atoms with van der Waals surface area (Å²) >= 11 is 0. The molecular formula is C12H15N3O2. The van der Waals surface area contributed by atoms with Gasteiger partial charge in [0.15, 0.2) is 0 Å². The second-order valence-electron chi connectivity index (χ2n) is 4.00. The van der Waals surface area contributed by atoms with Crippen LogP contribution < -0.4 is 0 Å². The van der Waals surface area contributed by atoms with Crippen molar-refractivity contribution in [1.29, 1.82) is 0 Å². The average molecular weight is 233 g/mol. The minimum absolute atomic E-state index is 0.342. The first-order valence-electron chi connectivity index (χ1n) is 5.31. The van der Waals surface area contributed by atoms with E-state index in [9.17, 15) is 4.79 Å². The number of aromatic nitrogens is 2. The molecule has 0 N–H and O–H groups in total. The van der Waals surface area contributed by atoms with Crippen molar-refractivity contribution in [2.75, 3.05) is 14.2 Å². The normalized spacial score (nSPS) is 10.5. The highest BCUT2D eigenvalue weighted by molar-refractivity contribution is 5.76. The highest BCUT2D eigenvalue weighted by Gasteiger charge is 2.09. The number of fused-ring (bicyclic) bond motifs is 1.